The standard InChI is InChI=1S/C8H10.C7H9N.C6H8N2.3C2H6/c1-7-5-3-4-6-8(7)2;1-6-4-3-5-8-7(6)2;1-5-6(2)8-4-3-7-5;3*1-2/h3-6H,1-2H3;3-5H,1-2H3;3-4H,1-2H3;3*1-2H3. The number of aromatic nitrogens is 3. The maximum Gasteiger partial charge on any atom is 0.0584 e. The molecule has 0 N–H and O–H groups in total. The zero-order valence-electron chi connectivity index (χ0n) is 21.5. The first kappa shape index (κ1) is 32.1. The van der Waals surface area contributed by atoms with Gasteiger partial charge in [-0.2, -0.15) is 0 Å². The van der Waals surface area contributed by atoms with Gasteiger partial charge in [-0.3, -0.25) is 15.0 Å². The second-order valence-corrected chi connectivity index (χ2v) is 5.72. The van der Waals surface area contributed by atoms with Crippen molar-refractivity contribution in [3.63, 3.8) is 0 Å². The number of benzene rings is 1. The Morgan fingerprint density at radius 3 is 0.967 bits per heavy atom. The van der Waals surface area contributed by atoms with Crippen molar-refractivity contribution in [2.45, 2.75) is 83.1 Å². The van der Waals surface area contributed by atoms with Crippen molar-refractivity contribution in [1.29, 1.82) is 0 Å². The molecule has 0 unspecified atom stereocenters. The van der Waals surface area contributed by atoms with Crippen molar-refractivity contribution in [3.8, 4) is 0 Å². The summed E-state index contributed by atoms with van der Waals surface area (Å²) in [6.45, 7) is 24.2. The van der Waals surface area contributed by atoms with Crippen LogP contribution in [0.5, 0.6) is 0 Å². The molecule has 2 aromatic heterocycles. The molecule has 3 heteroatoms. The van der Waals surface area contributed by atoms with Crippen LogP contribution < -0.4 is 0 Å². The van der Waals surface area contributed by atoms with E-state index in [0.29, 0.717) is 0 Å². The van der Waals surface area contributed by atoms with E-state index in [4.69, 9.17) is 0 Å². The molecule has 0 aliphatic rings. The van der Waals surface area contributed by atoms with Crippen LogP contribution in [0.2, 0.25) is 0 Å². The van der Waals surface area contributed by atoms with Crippen LogP contribution in [0.1, 0.15) is 75.3 Å². The van der Waals surface area contributed by atoms with E-state index in [1.165, 1.54) is 16.7 Å². The van der Waals surface area contributed by atoms with Gasteiger partial charge in [0.25, 0.3) is 0 Å². The summed E-state index contributed by atoms with van der Waals surface area (Å²) in [4.78, 5) is 12.1. The Hall–Kier alpha value is -2.55. The molecule has 30 heavy (non-hydrogen) atoms. The van der Waals surface area contributed by atoms with Gasteiger partial charge in [0.1, 0.15) is 0 Å². The molecule has 0 saturated heterocycles. The summed E-state index contributed by atoms with van der Waals surface area (Å²) in [5, 5.41) is 0. The van der Waals surface area contributed by atoms with Crippen molar-refractivity contribution in [2.24, 2.45) is 0 Å². The number of aryl methyl sites for hydroxylation is 6. The van der Waals surface area contributed by atoms with E-state index in [1.807, 2.05) is 74.6 Å². The van der Waals surface area contributed by atoms with Gasteiger partial charge in [0.15, 0.2) is 0 Å². The van der Waals surface area contributed by atoms with E-state index in [-0.39, 0.29) is 0 Å². The Morgan fingerprint density at radius 2 is 0.733 bits per heavy atom. The van der Waals surface area contributed by atoms with Crippen LogP contribution in [-0.4, -0.2) is 15.0 Å². The summed E-state index contributed by atoms with van der Waals surface area (Å²) in [5.74, 6) is 0. The van der Waals surface area contributed by atoms with Gasteiger partial charge in [-0.15, -0.1) is 0 Å². The van der Waals surface area contributed by atoms with Gasteiger partial charge in [0, 0.05) is 24.3 Å². The van der Waals surface area contributed by atoms with E-state index in [1.54, 1.807) is 12.4 Å². The topological polar surface area (TPSA) is 38.7 Å². The van der Waals surface area contributed by atoms with Gasteiger partial charge in [-0.1, -0.05) is 71.9 Å². The Bertz CT molecular complexity index is 586. The molecule has 2 heterocycles. The second kappa shape index (κ2) is 22.7. The summed E-state index contributed by atoms with van der Waals surface area (Å²) >= 11 is 0. The van der Waals surface area contributed by atoms with E-state index in [0.717, 1.165) is 17.1 Å². The lowest BCUT2D eigenvalue weighted by atomic mass is 10.1. The van der Waals surface area contributed by atoms with E-state index >= 15 is 0 Å². The molecule has 0 aliphatic carbocycles. The summed E-state index contributed by atoms with van der Waals surface area (Å²) in [6.07, 6.45) is 5.20. The molecular formula is C27H45N3. The van der Waals surface area contributed by atoms with E-state index < -0.39 is 0 Å². The molecule has 3 nitrogen and oxygen atoms in total. The van der Waals surface area contributed by atoms with Crippen LogP contribution in [0, 0.1) is 41.5 Å². The molecule has 0 saturated carbocycles. The quantitative estimate of drug-likeness (QED) is 0.374. The highest BCUT2D eigenvalue weighted by Crippen LogP contribution is 2.02. The second-order valence-electron chi connectivity index (χ2n) is 5.72. The molecule has 0 amide bonds. The molecule has 0 radical (unpaired) electrons. The maximum absolute atomic E-state index is 4.08. The number of hydrogen-bond acceptors (Lipinski definition) is 3. The van der Waals surface area contributed by atoms with Gasteiger partial charge < -0.3 is 0 Å². The van der Waals surface area contributed by atoms with Crippen LogP contribution in [-0.2, 0) is 0 Å². The average Bonchev–Trinajstić information content (AvgIpc) is 2.80. The SMILES string of the molecule is CC.CC.CC.Cc1ccccc1C.Cc1cccnc1C.Cc1nccnc1C. The molecular weight excluding hydrogens is 366 g/mol. The maximum atomic E-state index is 4.08. The molecule has 3 aromatic rings. The van der Waals surface area contributed by atoms with Gasteiger partial charge >= 0.3 is 0 Å². The fraction of sp³-hybridized carbons (Fsp3) is 0.444. The minimum atomic E-state index is 1.01. The first-order chi connectivity index (χ1) is 14.4. The van der Waals surface area contributed by atoms with Crippen LogP contribution in [0.4, 0.5) is 0 Å². The van der Waals surface area contributed by atoms with Crippen LogP contribution in [0.3, 0.4) is 0 Å². The van der Waals surface area contributed by atoms with Gasteiger partial charge in [0.05, 0.1) is 11.4 Å². The fourth-order valence-electron chi connectivity index (χ4n) is 1.70. The average molecular weight is 412 g/mol. The van der Waals surface area contributed by atoms with Gasteiger partial charge in [-0.25, -0.2) is 0 Å². The zero-order valence-corrected chi connectivity index (χ0v) is 21.5. The highest BCUT2D eigenvalue weighted by Gasteiger charge is 1.87. The smallest absolute Gasteiger partial charge is 0.0584 e. The fourth-order valence-corrected chi connectivity index (χ4v) is 1.70. The molecule has 0 fully saturated rings. The lowest BCUT2D eigenvalue weighted by Crippen LogP contribution is -1.87. The molecule has 1 aromatic carbocycles. The number of hydrogen-bond donors (Lipinski definition) is 0. The lowest BCUT2D eigenvalue weighted by Gasteiger charge is -1.93. The molecule has 0 atom stereocenters. The first-order valence-electron chi connectivity index (χ1n) is 11.1. The van der Waals surface area contributed by atoms with Gasteiger partial charge in [0.2, 0.25) is 0 Å². The van der Waals surface area contributed by atoms with E-state index in [2.05, 4.69) is 66.1 Å². The summed E-state index contributed by atoms with van der Waals surface area (Å²) in [6, 6.07) is 12.4. The summed E-state index contributed by atoms with van der Waals surface area (Å²) in [7, 11) is 0. The molecule has 0 spiro atoms. The number of pyridine rings is 1. The van der Waals surface area contributed by atoms with Crippen LogP contribution >= 0.6 is 0 Å². The Morgan fingerprint density at radius 1 is 0.400 bits per heavy atom. The van der Waals surface area contributed by atoms with Crippen LogP contribution in [0.25, 0.3) is 0 Å². The Labute approximate surface area is 187 Å². The van der Waals surface area contributed by atoms with Crippen molar-refractivity contribution < 1.29 is 0 Å². The van der Waals surface area contributed by atoms with Crippen molar-refractivity contribution in [1.82, 2.24) is 15.0 Å². The molecule has 3 rings (SSSR count). The third-order valence-corrected chi connectivity index (χ3v) is 3.82. The third kappa shape index (κ3) is 16.4. The molecule has 168 valence electrons. The van der Waals surface area contributed by atoms with Crippen molar-refractivity contribution >= 4 is 0 Å². The predicted molar refractivity (Wildman–Crippen MR) is 135 cm³/mol. The highest BCUT2D eigenvalue weighted by molar-refractivity contribution is 5.23. The van der Waals surface area contributed by atoms with E-state index in [9.17, 15) is 0 Å². The Kier molecular flexibility index (Phi) is 24.3. The first-order valence-corrected chi connectivity index (χ1v) is 11.1. The molecule has 0 bridgehead atoms. The van der Waals surface area contributed by atoms with Crippen LogP contribution in [0.15, 0.2) is 55.0 Å². The largest absolute Gasteiger partial charge is 0.261 e. The minimum Gasteiger partial charge on any atom is -0.261 e. The number of nitrogens with zero attached hydrogens (tertiary/aromatic N) is 3. The normalized spacial score (nSPS) is 8.00. The zero-order chi connectivity index (χ0) is 23.9. The van der Waals surface area contributed by atoms with Crippen molar-refractivity contribution in [3.05, 3.63) is 88.8 Å². The number of rotatable bonds is 0. The monoisotopic (exact) mass is 411 g/mol. The predicted octanol–water partition coefficient (Wildman–Crippen LogP) is 8.17. The lowest BCUT2D eigenvalue weighted by molar-refractivity contribution is 1.05. The minimum absolute atomic E-state index is 1.01. The Balaban J connectivity index is -0.000000323. The highest BCUT2D eigenvalue weighted by atomic mass is 14.8. The summed E-state index contributed by atoms with van der Waals surface area (Å²) in [5.41, 5.74) is 7.13. The third-order valence-electron chi connectivity index (χ3n) is 3.82. The summed E-state index contributed by atoms with van der Waals surface area (Å²) < 4.78 is 0. The van der Waals surface area contributed by atoms with Crippen molar-refractivity contribution in [2.75, 3.05) is 0 Å². The molecule has 0 aliphatic heterocycles. The van der Waals surface area contributed by atoms with Gasteiger partial charge in [-0.05, 0) is 64.3 Å².